The Morgan fingerprint density at radius 1 is 0.818 bits per heavy atom. The number of aromatic nitrogens is 4. The van der Waals surface area contributed by atoms with Crippen LogP contribution in [0.4, 0.5) is 5.69 Å². The van der Waals surface area contributed by atoms with E-state index in [1.807, 2.05) is 103 Å². The molecule has 0 fully saturated rings. The monoisotopic (exact) mass is 442 g/mol. The van der Waals surface area contributed by atoms with Crippen LogP contribution in [0.2, 0.25) is 0 Å². The number of likely N-dealkylation sites (N-methyl/N-ethyl adjacent to an activating group) is 1. The number of benzene rings is 2. The lowest BCUT2D eigenvalue weighted by Gasteiger charge is -2.17. The van der Waals surface area contributed by atoms with Crippen molar-refractivity contribution in [1.29, 1.82) is 0 Å². The number of hydrogen-bond acceptors (Lipinski definition) is 4. The summed E-state index contributed by atoms with van der Waals surface area (Å²) in [5, 5.41) is 12.4. The van der Waals surface area contributed by atoms with E-state index in [1.165, 1.54) is 0 Å². The normalized spacial score (nSPS) is 11.2. The highest BCUT2D eigenvalue weighted by Gasteiger charge is 2.18. The Morgan fingerprint density at radius 2 is 1.33 bits per heavy atom. The van der Waals surface area contributed by atoms with Crippen LogP contribution in [0.5, 0.6) is 0 Å². The predicted octanol–water partition coefficient (Wildman–Crippen LogP) is 4.36. The Labute approximate surface area is 194 Å². The number of nitrogens with one attached hydrogen (secondary N) is 1. The van der Waals surface area contributed by atoms with E-state index in [0.29, 0.717) is 6.54 Å². The summed E-state index contributed by atoms with van der Waals surface area (Å²) in [6.07, 6.45) is 0. The summed E-state index contributed by atoms with van der Waals surface area (Å²) in [7, 11) is 1.95. The van der Waals surface area contributed by atoms with Crippen LogP contribution in [0.15, 0.2) is 60.7 Å². The van der Waals surface area contributed by atoms with Crippen molar-refractivity contribution in [3.05, 3.63) is 89.0 Å². The van der Waals surface area contributed by atoms with Gasteiger partial charge in [-0.3, -0.25) is 9.69 Å². The van der Waals surface area contributed by atoms with Crippen molar-refractivity contribution in [2.75, 3.05) is 18.9 Å². The van der Waals surface area contributed by atoms with Gasteiger partial charge in [-0.05, 0) is 59.0 Å². The molecule has 4 aromatic rings. The van der Waals surface area contributed by atoms with Crippen LogP contribution in [0, 0.1) is 27.7 Å². The van der Waals surface area contributed by atoms with Crippen molar-refractivity contribution >= 4 is 11.6 Å². The molecule has 2 heterocycles. The highest BCUT2D eigenvalue weighted by Crippen LogP contribution is 2.23. The Balaban J connectivity index is 1.44. The second-order valence-electron chi connectivity index (χ2n) is 8.41. The summed E-state index contributed by atoms with van der Waals surface area (Å²) in [5.41, 5.74) is 7.66. The van der Waals surface area contributed by atoms with E-state index < -0.39 is 0 Å². The number of carbonyl (C=O) groups is 1. The fraction of sp³-hybridized carbons (Fsp3) is 0.269. The first-order valence-electron chi connectivity index (χ1n) is 11.1. The van der Waals surface area contributed by atoms with Crippen LogP contribution in [0.1, 0.15) is 28.3 Å². The van der Waals surface area contributed by atoms with E-state index in [9.17, 15) is 4.79 Å². The van der Waals surface area contributed by atoms with Gasteiger partial charge in [0, 0.05) is 17.8 Å². The zero-order valence-corrected chi connectivity index (χ0v) is 19.8. The number of carbonyl (C=O) groups excluding carboxylic acids is 1. The van der Waals surface area contributed by atoms with Crippen molar-refractivity contribution in [3.63, 3.8) is 0 Å². The van der Waals surface area contributed by atoms with Gasteiger partial charge < -0.3 is 5.32 Å². The number of rotatable bonds is 7. The van der Waals surface area contributed by atoms with Crippen LogP contribution in [0.25, 0.3) is 11.4 Å². The zero-order valence-electron chi connectivity index (χ0n) is 19.8. The molecule has 7 nitrogen and oxygen atoms in total. The van der Waals surface area contributed by atoms with Crippen LogP contribution in [-0.2, 0) is 11.3 Å². The van der Waals surface area contributed by atoms with Gasteiger partial charge in [0.25, 0.3) is 0 Å². The van der Waals surface area contributed by atoms with Crippen LogP contribution < -0.4 is 5.32 Å². The minimum Gasteiger partial charge on any atom is -0.322 e. The standard InChI is InChI=1S/C26H30N6O/c1-18-24(20(3)31(28-18)22-12-8-6-9-13-22)16-30(5)17-25(33)27-26-19(2)29-32(21(26)4)23-14-10-7-11-15-23/h6-15H,16-17H2,1-5H3,(H,27,33). The van der Waals surface area contributed by atoms with E-state index in [-0.39, 0.29) is 12.5 Å². The second-order valence-corrected chi connectivity index (χ2v) is 8.41. The van der Waals surface area contributed by atoms with Crippen molar-refractivity contribution < 1.29 is 4.79 Å². The van der Waals surface area contributed by atoms with Crippen molar-refractivity contribution in [1.82, 2.24) is 24.5 Å². The summed E-state index contributed by atoms with van der Waals surface area (Å²) in [5.74, 6) is -0.0675. The average Bonchev–Trinajstić information content (AvgIpc) is 3.25. The van der Waals surface area contributed by atoms with E-state index in [4.69, 9.17) is 5.10 Å². The molecule has 0 saturated heterocycles. The first-order chi connectivity index (χ1) is 15.8. The smallest absolute Gasteiger partial charge is 0.238 e. The van der Waals surface area contributed by atoms with E-state index in [2.05, 4.69) is 17.3 Å². The molecule has 0 spiro atoms. The van der Waals surface area contributed by atoms with E-state index in [0.717, 1.165) is 45.4 Å². The summed E-state index contributed by atoms with van der Waals surface area (Å²) in [6, 6.07) is 20.0. The molecule has 0 atom stereocenters. The Morgan fingerprint density at radius 3 is 1.91 bits per heavy atom. The average molecular weight is 443 g/mol. The van der Waals surface area contributed by atoms with Crippen molar-refractivity contribution in [2.24, 2.45) is 0 Å². The third-order valence-electron chi connectivity index (χ3n) is 5.84. The highest BCUT2D eigenvalue weighted by molar-refractivity contribution is 5.93. The van der Waals surface area contributed by atoms with Gasteiger partial charge in [0.05, 0.1) is 40.7 Å². The molecule has 33 heavy (non-hydrogen) atoms. The lowest BCUT2D eigenvalue weighted by Crippen LogP contribution is -2.30. The van der Waals surface area contributed by atoms with Gasteiger partial charge in [0.2, 0.25) is 5.91 Å². The maximum Gasteiger partial charge on any atom is 0.238 e. The number of nitrogens with zero attached hydrogens (tertiary/aromatic N) is 5. The molecule has 4 rings (SSSR count). The van der Waals surface area contributed by atoms with Crippen LogP contribution in [0.3, 0.4) is 0 Å². The maximum absolute atomic E-state index is 12.8. The zero-order chi connectivity index (χ0) is 23.5. The topological polar surface area (TPSA) is 68.0 Å². The molecule has 1 amide bonds. The van der Waals surface area contributed by atoms with Gasteiger partial charge in [0.15, 0.2) is 0 Å². The molecule has 2 aromatic carbocycles. The maximum atomic E-state index is 12.8. The molecule has 170 valence electrons. The Hall–Kier alpha value is -3.71. The SMILES string of the molecule is Cc1nn(-c2ccccc2)c(C)c1CN(C)CC(=O)Nc1c(C)nn(-c2ccccc2)c1C. The lowest BCUT2D eigenvalue weighted by atomic mass is 10.2. The van der Waals surface area contributed by atoms with Gasteiger partial charge in [-0.25, -0.2) is 9.36 Å². The largest absolute Gasteiger partial charge is 0.322 e. The molecule has 0 aliphatic rings. The molecule has 0 radical (unpaired) electrons. The molecular weight excluding hydrogens is 412 g/mol. The van der Waals surface area contributed by atoms with Gasteiger partial charge in [-0.1, -0.05) is 36.4 Å². The number of anilines is 1. The lowest BCUT2D eigenvalue weighted by molar-refractivity contribution is -0.117. The van der Waals surface area contributed by atoms with Crippen LogP contribution in [-0.4, -0.2) is 44.0 Å². The molecule has 7 heteroatoms. The number of aryl methyl sites for hydroxylation is 2. The van der Waals surface area contributed by atoms with Gasteiger partial charge in [-0.15, -0.1) is 0 Å². The molecule has 0 aliphatic carbocycles. The fourth-order valence-corrected chi connectivity index (χ4v) is 4.12. The summed E-state index contributed by atoms with van der Waals surface area (Å²) >= 11 is 0. The first-order valence-corrected chi connectivity index (χ1v) is 11.1. The molecule has 0 aliphatic heterocycles. The molecule has 1 N–H and O–H groups in total. The summed E-state index contributed by atoms with van der Waals surface area (Å²) < 4.78 is 3.82. The third kappa shape index (κ3) is 4.73. The number of amides is 1. The molecule has 2 aromatic heterocycles. The van der Waals surface area contributed by atoms with Gasteiger partial charge >= 0.3 is 0 Å². The molecular formula is C26H30N6O. The Bertz CT molecular complexity index is 1260. The Kier molecular flexibility index (Phi) is 6.42. The summed E-state index contributed by atoms with van der Waals surface area (Å²) in [4.78, 5) is 14.9. The highest BCUT2D eigenvalue weighted by atomic mass is 16.2. The predicted molar refractivity (Wildman–Crippen MR) is 131 cm³/mol. The molecule has 0 saturated carbocycles. The van der Waals surface area contributed by atoms with Crippen molar-refractivity contribution in [2.45, 2.75) is 34.2 Å². The van der Waals surface area contributed by atoms with Gasteiger partial charge in [0.1, 0.15) is 0 Å². The number of hydrogen-bond donors (Lipinski definition) is 1. The second kappa shape index (κ2) is 9.42. The number of para-hydroxylation sites is 2. The van der Waals surface area contributed by atoms with Crippen molar-refractivity contribution in [3.8, 4) is 11.4 Å². The van der Waals surface area contributed by atoms with E-state index in [1.54, 1.807) is 0 Å². The fourth-order valence-electron chi connectivity index (χ4n) is 4.12. The third-order valence-corrected chi connectivity index (χ3v) is 5.84. The quantitative estimate of drug-likeness (QED) is 0.462. The summed E-state index contributed by atoms with van der Waals surface area (Å²) in [6.45, 7) is 8.87. The molecule has 0 bridgehead atoms. The van der Waals surface area contributed by atoms with E-state index >= 15 is 0 Å². The minimum atomic E-state index is -0.0675. The minimum absolute atomic E-state index is 0.0675. The first kappa shape index (κ1) is 22.5. The molecule has 0 unspecified atom stereocenters. The van der Waals surface area contributed by atoms with Gasteiger partial charge in [-0.2, -0.15) is 10.2 Å². The van der Waals surface area contributed by atoms with Crippen LogP contribution >= 0.6 is 0 Å².